The number of rotatable bonds is 7. The topological polar surface area (TPSA) is 89.5 Å². The molecule has 0 aliphatic carbocycles. The summed E-state index contributed by atoms with van der Waals surface area (Å²) in [7, 11) is -4.33. The van der Waals surface area contributed by atoms with Crippen molar-refractivity contribution in [2.45, 2.75) is 36.2 Å². The van der Waals surface area contributed by atoms with Crippen molar-refractivity contribution in [3.63, 3.8) is 0 Å². The number of ether oxygens (including phenoxy) is 2. The van der Waals surface area contributed by atoms with Gasteiger partial charge in [0.15, 0.2) is 0 Å². The fourth-order valence-corrected chi connectivity index (χ4v) is 5.32. The van der Waals surface area contributed by atoms with Crippen LogP contribution in [0.4, 0.5) is 32.0 Å². The van der Waals surface area contributed by atoms with Gasteiger partial charge in [0.2, 0.25) is 5.88 Å². The summed E-state index contributed by atoms with van der Waals surface area (Å²) in [5, 5.41) is 3.01. The van der Waals surface area contributed by atoms with Gasteiger partial charge in [-0.2, -0.15) is 26.3 Å². The molecule has 7 nitrogen and oxygen atoms in total. The molecule has 0 unspecified atom stereocenters. The van der Waals surface area contributed by atoms with E-state index in [1.807, 2.05) is 0 Å². The van der Waals surface area contributed by atoms with Gasteiger partial charge in [-0.25, -0.2) is 13.4 Å². The number of halogens is 7. The molecule has 2 aromatic carbocycles. The predicted octanol–water partition coefficient (Wildman–Crippen LogP) is 6.61. The van der Waals surface area contributed by atoms with Gasteiger partial charge in [-0.3, -0.25) is 4.72 Å². The fraction of sp³-hybridized carbons (Fsp3) is 0.292. The number of anilines is 1. The molecular formula is C24H20BrF6N3O4S. The molecule has 2 heterocycles. The van der Waals surface area contributed by atoms with Crippen LogP contribution < -0.4 is 19.5 Å². The summed E-state index contributed by atoms with van der Waals surface area (Å²) in [5.41, 5.74) is -3.00. The number of benzene rings is 2. The Hall–Kier alpha value is -3.04. The Kier molecular flexibility index (Phi) is 7.80. The molecule has 1 aliphatic rings. The second-order valence-electron chi connectivity index (χ2n) is 8.88. The number of alkyl halides is 6. The molecule has 210 valence electrons. The maximum absolute atomic E-state index is 13.6. The standard InChI is InChI=1S/C24H20BrF6N3O4S/c1-22(8-9-32-13-22)38-20-10-15(4-7-18(20)24(29,30)31)34-39(35,36)17-11-19(25)21(33-12-17)37-16-5-2-14(3-6-16)23(26,27)28/h2-7,10-12,32,34H,8-9,13H2,1H3/t22-/m1/s1. The van der Waals surface area contributed by atoms with E-state index in [-0.39, 0.29) is 26.7 Å². The van der Waals surface area contributed by atoms with E-state index < -0.39 is 44.9 Å². The second-order valence-corrected chi connectivity index (χ2v) is 11.4. The predicted molar refractivity (Wildman–Crippen MR) is 132 cm³/mol. The second kappa shape index (κ2) is 10.5. The van der Waals surface area contributed by atoms with Crippen LogP contribution in [-0.4, -0.2) is 32.1 Å². The summed E-state index contributed by atoms with van der Waals surface area (Å²) < 4.78 is 118. The summed E-state index contributed by atoms with van der Waals surface area (Å²) in [6, 6.07) is 7.58. The highest BCUT2D eigenvalue weighted by molar-refractivity contribution is 9.10. The summed E-state index contributed by atoms with van der Waals surface area (Å²) in [4.78, 5) is 3.55. The van der Waals surface area contributed by atoms with Gasteiger partial charge in [0.1, 0.15) is 22.0 Å². The van der Waals surface area contributed by atoms with Crippen molar-refractivity contribution in [1.82, 2.24) is 10.3 Å². The van der Waals surface area contributed by atoms with Gasteiger partial charge in [0.05, 0.1) is 27.5 Å². The Balaban J connectivity index is 1.55. The SMILES string of the molecule is C[C@@]1(Oc2cc(NS(=O)(=O)c3cnc(Oc4ccc(C(F)(F)F)cc4)c(Br)c3)ccc2C(F)(F)F)CCNC1. The lowest BCUT2D eigenvalue weighted by Crippen LogP contribution is -2.35. The van der Waals surface area contributed by atoms with E-state index in [1.54, 1.807) is 6.92 Å². The maximum Gasteiger partial charge on any atom is 0.419 e. The van der Waals surface area contributed by atoms with Crippen LogP contribution in [-0.2, 0) is 22.4 Å². The van der Waals surface area contributed by atoms with E-state index in [4.69, 9.17) is 9.47 Å². The van der Waals surface area contributed by atoms with E-state index in [1.165, 1.54) is 0 Å². The molecule has 1 aromatic heterocycles. The molecule has 39 heavy (non-hydrogen) atoms. The number of nitrogens with one attached hydrogen (secondary N) is 2. The van der Waals surface area contributed by atoms with Crippen molar-refractivity contribution in [2.24, 2.45) is 0 Å². The first-order chi connectivity index (χ1) is 18.1. The quantitative estimate of drug-likeness (QED) is 0.283. The van der Waals surface area contributed by atoms with Crippen molar-refractivity contribution in [2.75, 3.05) is 17.8 Å². The zero-order chi connectivity index (χ0) is 28.6. The monoisotopic (exact) mass is 639 g/mol. The van der Waals surface area contributed by atoms with Crippen LogP contribution in [0.1, 0.15) is 24.5 Å². The minimum absolute atomic E-state index is 0.0216. The van der Waals surface area contributed by atoms with E-state index in [0.29, 0.717) is 19.5 Å². The zero-order valence-corrected chi connectivity index (χ0v) is 22.4. The van der Waals surface area contributed by atoms with Crippen LogP contribution in [0.5, 0.6) is 17.4 Å². The van der Waals surface area contributed by atoms with Crippen LogP contribution >= 0.6 is 15.9 Å². The lowest BCUT2D eigenvalue weighted by molar-refractivity contribution is -0.140. The van der Waals surface area contributed by atoms with Gasteiger partial charge in [-0.1, -0.05) is 0 Å². The molecule has 0 amide bonds. The van der Waals surface area contributed by atoms with Crippen molar-refractivity contribution in [3.8, 4) is 17.4 Å². The van der Waals surface area contributed by atoms with Crippen molar-refractivity contribution in [3.05, 3.63) is 70.3 Å². The number of hydrogen-bond acceptors (Lipinski definition) is 6. The molecule has 1 atom stereocenters. The summed E-state index contributed by atoms with van der Waals surface area (Å²) in [6.07, 6.45) is -7.86. The van der Waals surface area contributed by atoms with Gasteiger partial charge in [0.25, 0.3) is 10.0 Å². The van der Waals surface area contributed by atoms with E-state index in [2.05, 4.69) is 31.0 Å². The molecule has 1 saturated heterocycles. The molecule has 0 radical (unpaired) electrons. The minimum atomic E-state index is -4.73. The normalized spacial score (nSPS) is 18.2. The molecule has 3 aromatic rings. The Morgan fingerprint density at radius 2 is 1.72 bits per heavy atom. The van der Waals surface area contributed by atoms with Gasteiger partial charge < -0.3 is 14.8 Å². The van der Waals surface area contributed by atoms with Crippen molar-refractivity contribution < 1.29 is 44.2 Å². The third-order valence-electron chi connectivity index (χ3n) is 5.71. The van der Waals surface area contributed by atoms with E-state index in [0.717, 1.165) is 54.7 Å². The molecule has 0 saturated carbocycles. The number of pyridine rings is 1. The maximum atomic E-state index is 13.6. The summed E-state index contributed by atoms with van der Waals surface area (Å²) >= 11 is 3.12. The van der Waals surface area contributed by atoms with Crippen LogP contribution in [0.2, 0.25) is 0 Å². The number of aromatic nitrogens is 1. The van der Waals surface area contributed by atoms with Crippen LogP contribution in [0, 0.1) is 0 Å². The largest absolute Gasteiger partial charge is 0.485 e. The zero-order valence-electron chi connectivity index (χ0n) is 20.0. The van der Waals surface area contributed by atoms with Gasteiger partial charge in [-0.05, 0) is 71.9 Å². The molecule has 0 bridgehead atoms. The fourth-order valence-electron chi connectivity index (χ4n) is 3.72. The molecule has 2 N–H and O–H groups in total. The van der Waals surface area contributed by atoms with Gasteiger partial charge in [0, 0.05) is 19.0 Å². The minimum Gasteiger partial charge on any atom is -0.485 e. The Morgan fingerprint density at radius 1 is 1.03 bits per heavy atom. The van der Waals surface area contributed by atoms with Crippen molar-refractivity contribution >= 4 is 31.6 Å². The van der Waals surface area contributed by atoms with E-state index >= 15 is 0 Å². The van der Waals surface area contributed by atoms with Crippen LogP contribution in [0.15, 0.2) is 64.1 Å². The Morgan fingerprint density at radius 3 is 2.28 bits per heavy atom. The Bertz CT molecular complexity index is 1460. The highest BCUT2D eigenvalue weighted by Crippen LogP contribution is 2.40. The van der Waals surface area contributed by atoms with E-state index in [9.17, 15) is 34.8 Å². The van der Waals surface area contributed by atoms with Crippen molar-refractivity contribution in [1.29, 1.82) is 0 Å². The lowest BCUT2D eigenvalue weighted by atomic mass is 10.1. The molecular weight excluding hydrogens is 620 g/mol. The summed E-state index contributed by atoms with van der Waals surface area (Å²) in [6.45, 7) is 2.53. The van der Waals surface area contributed by atoms with Gasteiger partial charge in [-0.15, -0.1) is 0 Å². The first kappa shape index (κ1) is 29.0. The smallest absolute Gasteiger partial charge is 0.419 e. The third kappa shape index (κ3) is 6.94. The lowest BCUT2D eigenvalue weighted by Gasteiger charge is -2.27. The molecule has 1 aliphatic heterocycles. The average Bonchev–Trinajstić information content (AvgIpc) is 3.25. The highest BCUT2D eigenvalue weighted by atomic mass is 79.9. The molecule has 15 heteroatoms. The van der Waals surface area contributed by atoms with Crippen LogP contribution in [0.3, 0.4) is 0 Å². The molecule has 1 fully saturated rings. The summed E-state index contributed by atoms with van der Waals surface area (Å²) in [5.74, 6) is -0.626. The molecule has 4 rings (SSSR count). The number of nitrogens with zero attached hydrogens (tertiary/aromatic N) is 1. The first-order valence-corrected chi connectivity index (χ1v) is 13.5. The average molecular weight is 640 g/mol. The first-order valence-electron chi connectivity index (χ1n) is 11.2. The molecule has 0 spiro atoms. The number of sulfonamides is 1. The van der Waals surface area contributed by atoms with Gasteiger partial charge >= 0.3 is 12.4 Å². The third-order valence-corrected chi connectivity index (χ3v) is 7.63. The van der Waals surface area contributed by atoms with Crippen LogP contribution in [0.25, 0.3) is 0 Å². The Labute approximate surface area is 227 Å². The number of hydrogen-bond donors (Lipinski definition) is 2. The highest BCUT2D eigenvalue weighted by Gasteiger charge is 2.38.